The maximum absolute atomic E-state index is 11.6. The molecule has 2 rings (SSSR count). The summed E-state index contributed by atoms with van der Waals surface area (Å²) in [4.78, 5) is 22.7. The molecule has 84 valence electrons. The van der Waals surface area contributed by atoms with E-state index >= 15 is 0 Å². The van der Waals surface area contributed by atoms with Crippen molar-refractivity contribution in [3.8, 4) is 5.75 Å². The van der Waals surface area contributed by atoms with Crippen molar-refractivity contribution in [2.45, 2.75) is 12.3 Å². The number of phenolic OH excluding ortho intramolecular Hbond substituents is 1. The van der Waals surface area contributed by atoms with Gasteiger partial charge in [0.25, 0.3) is 0 Å². The molecular formula is C11H11NO4. The highest BCUT2D eigenvalue weighted by Crippen LogP contribution is 2.40. The molecule has 1 aromatic rings. The van der Waals surface area contributed by atoms with Gasteiger partial charge in [-0.25, -0.2) is 0 Å². The summed E-state index contributed by atoms with van der Waals surface area (Å²) >= 11 is 0. The van der Waals surface area contributed by atoms with Crippen LogP contribution in [0.4, 0.5) is 5.69 Å². The van der Waals surface area contributed by atoms with Gasteiger partial charge in [-0.05, 0) is 11.6 Å². The summed E-state index contributed by atoms with van der Waals surface area (Å²) in [6.45, 7) is 0. The van der Waals surface area contributed by atoms with E-state index in [-0.39, 0.29) is 18.1 Å². The Hall–Kier alpha value is -2.04. The van der Waals surface area contributed by atoms with Crippen LogP contribution in [0.3, 0.4) is 0 Å². The number of phenols is 1. The van der Waals surface area contributed by atoms with E-state index in [0.717, 1.165) is 0 Å². The number of carbonyl (C=O) groups excluding carboxylic acids is 2. The molecule has 0 saturated heterocycles. The predicted molar refractivity (Wildman–Crippen MR) is 56.1 cm³/mol. The number of nitrogens with one attached hydrogen (secondary N) is 1. The molecule has 0 fully saturated rings. The molecule has 0 radical (unpaired) electrons. The number of hydrogen-bond acceptors (Lipinski definition) is 4. The molecule has 1 unspecified atom stereocenters. The second-order valence-corrected chi connectivity index (χ2v) is 3.56. The molecule has 1 heterocycles. The highest BCUT2D eigenvalue weighted by molar-refractivity contribution is 6.05. The Kier molecular flexibility index (Phi) is 2.52. The van der Waals surface area contributed by atoms with Crippen molar-refractivity contribution in [1.29, 1.82) is 0 Å². The second kappa shape index (κ2) is 3.84. The highest BCUT2D eigenvalue weighted by Gasteiger charge is 2.33. The normalized spacial score (nSPS) is 17.8. The number of hydrogen-bond donors (Lipinski definition) is 2. The zero-order valence-electron chi connectivity index (χ0n) is 8.69. The van der Waals surface area contributed by atoms with Crippen LogP contribution in [0.1, 0.15) is 17.9 Å². The lowest BCUT2D eigenvalue weighted by Crippen LogP contribution is -2.16. The van der Waals surface area contributed by atoms with Crippen LogP contribution in [0, 0.1) is 0 Å². The molecule has 0 saturated carbocycles. The van der Waals surface area contributed by atoms with Crippen molar-refractivity contribution in [1.82, 2.24) is 0 Å². The van der Waals surface area contributed by atoms with Crippen LogP contribution in [0.5, 0.6) is 5.75 Å². The maximum atomic E-state index is 11.6. The van der Waals surface area contributed by atoms with Crippen molar-refractivity contribution in [3.63, 3.8) is 0 Å². The molecule has 5 heteroatoms. The Labute approximate surface area is 92.0 Å². The van der Waals surface area contributed by atoms with E-state index in [1.807, 2.05) is 0 Å². The number of amides is 1. The third kappa shape index (κ3) is 1.60. The average Bonchev–Trinajstić information content (AvgIpc) is 2.58. The number of ether oxygens (including phenoxy) is 1. The second-order valence-electron chi connectivity index (χ2n) is 3.56. The number of benzene rings is 1. The summed E-state index contributed by atoms with van der Waals surface area (Å²) in [6, 6.07) is 4.83. The van der Waals surface area contributed by atoms with Crippen LogP contribution < -0.4 is 5.32 Å². The maximum Gasteiger partial charge on any atom is 0.306 e. The third-order valence-electron chi connectivity index (χ3n) is 2.61. The fourth-order valence-corrected chi connectivity index (χ4v) is 1.79. The van der Waals surface area contributed by atoms with Crippen molar-refractivity contribution in [2.75, 3.05) is 12.4 Å². The SMILES string of the molecule is COC(=O)CC1C(=O)Nc2c(O)cccc21. The summed E-state index contributed by atoms with van der Waals surface area (Å²) in [7, 11) is 1.28. The minimum atomic E-state index is -0.574. The molecule has 1 aromatic carbocycles. The molecule has 0 aliphatic carbocycles. The molecule has 0 aromatic heterocycles. The van der Waals surface area contributed by atoms with Crippen LogP contribution in [0.2, 0.25) is 0 Å². The largest absolute Gasteiger partial charge is 0.506 e. The van der Waals surface area contributed by atoms with Gasteiger partial charge in [-0.15, -0.1) is 0 Å². The first-order valence-corrected chi connectivity index (χ1v) is 4.83. The Bertz CT molecular complexity index is 455. The van der Waals surface area contributed by atoms with E-state index in [1.54, 1.807) is 12.1 Å². The van der Waals surface area contributed by atoms with Gasteiger partial charge in [0, 0.05) is 0 Å². The highest BCUT2D eigenvalue weighted by atomic mass is 16.5. The molecule has 1 aliphatic heterocycles. The third-order valence-corrected chi connectivity index (χ3v) is 2.61. The fourth-order valence-electron chi connectivity index (χ4n) is 1.79. The minimum Gasteiger partial charge on any atom is -0.506 e. The van der Waals surface area contributed by atoms with Gasteiger partial charge in [0.05, 0.1) is 25.1 Å². The van der Waals surface area contributed by atoms with Gasteiger partial charge in [-0.3, -0.25) is 9.59 Å². The smallest absolute Gasteiger partial charge is 0.306 e. The van der Waals surface area contributed by atoms with E-state index in [2.05, 4.69) is 10.1 Å². The number of methoxy groups -OCH3 is 1. The Morgan fingerprint density at radius 2 is 2.31 bits per heavy atom. The van der Waals surface area contributed by atoms with Crippen molar-refractivity contribution < 1.29 is 19.4 Å². The standard InChI is InChI=1S/C11H11NO4/c1-16-9(14)5-7-6-3-2-4-8(13)10(6)12-11(7)15/h2-4,7,13H,5H2,1H3,(H,12,15). The van der Waals surface area contributed by atoms with Crippen LogP contribution >= 0.6 is 0 Å². The van der Waals surface area contributed by atoms with Gasteiger partial charge in [0.2, 0.25) is 5.91 Å². The lowest BCUT2D eigenvalue weighted by atomic mass is 9.97. The van der Waals surface area contributed by atoms with Crippen molar-refractivity contribution in [2.24, 2.45) is 0 Å². The van der Waals surface area contributed by atoms with E-state index in [0.29, 0.717) is 11.3 Å². The summed E-state index contributed by atoms with van der Waals surface area (Å²) in [6.07, 6.45) is -0.0151. The van der Waals surface area contributed by atoms with Crippen molar-refractivity contribution >= 4 is 17.6 Å². The molecule has 5 nitrogen and oxygen atoms in total. The average molecular weight is 221 g/mol. The van der Waals surface area contributed by atoms with E-state index < -0.39 is 11.9 Å². The molecule has 16 heavy (non-hydrogen) atoms. The molecule has 0 spiro atoms. The summed E-state index contributed by atoms with van der Waals surface area (Å²) in [5.74, 6) is -1.30. The van der Waals surface area contributed by atoms with Crippen LogP contribution in [0.15, 0.2) is 18.2 Å². The number of esters is 1. The van der Waals surface area contributed by atoms with Crippen LogP contribution in [-0.4, -0.2) is 24.1 Å². The minimum absolute atomic E-state index is 0.0122. The number of aromatic hydroxyl groups is 1. The van der Waals surface area contributed by atoms with Crippen molar-refractivity contribution in [3.05, 3.63) is 23.8 Å². The quantitative estimate of drug-likeness (QED) is 0.576. The molecule has 1 atom stereocenters. The predicted octanol–water partition coefficient (Wildman–Crippen LogP) is 0.991. The van der Waals surface area contributed by atoms with Gasteiger partial charge in [-0.2, -0.15) is 0 Å². The number of fused-ring (bicyclic) bond motifs is 1. The first-order chi connectivity index (χ1) is 7.63. The van der Waals surface area contributed by atoms with Gasteiger partial charge < -0.3 is 15.2 Å². The van der Waals surface area contributed by atoms with Gasteiger partial charge in [-0.1, -0.05) is 12.1 Å². The summed E-state index contributed by atoms with van der Waals surface area (Å²) in [5, 5.41) is 12.1. The summed E-state index contributed by atoms with van der Waals surface area (Å²) < 4.78 is 4.52. The van der Waals surface area contributed by atoms with Gasteiger partial charge in [0.15, 0.2) is 0 Å². The number of rotatable bonds is 2. The molecule has 0 bridgehead atoms. The van der Waals surface area contributed by atoms with E-state index in [9.17, 15) is 14.7 Å². The molecular weight excluding hydrogens is 210 g/mol. The number of anilines is 1. The molecule has 1 amide bonds. The zero-order valence-corrected chi connectivity index (χ0v) is 8.69. The van der Waals surface area contributed by atoms with E-state index in [4.69, 9.17) is 0 Å². The Balaban J connectivity index is 2.33. The summed E-state index contributed by atoms with van der Waals surface area (Å²) in [5.41, 5.74) is 1.02. The van der Waals surface area contributed by atoms with E-state index in [1.165, 1.54) is 13.2 Å². The molecule has 1 aliphatic rings. The topological polar surface area (TPSA) is 75.6 Å². The number of para-hydroxylation sites is 1. The van der Waals surface area contributed by atoms with Crippen LogP contribution in [-0.2, 0) is 14.3 Å². The van der Waals surface area contributed by atoms with Crippen LogP contribution in [0.25, 0.3) is 0 Å². The Morgan fingerprint density at radius 3 is 3.00 bits per heavy atom. The number of carbonyl (C=O) groups is 2. The van der Waals surface area contributed by atoms with Gasteiger partial charge >= 0.3 is 5.97 Å². The Morgan fingerprint density at radius 1 is 1.56 bits per heavy atom. The van der Waals surface area contributed by atoms with Gasteiger partial charge in [0.1, 0.15) is 5.75 Å². The fraction of sp³-hybridized carbons (Fsp3) is 0.273. The first-order valence-electron chi connectivity index (χ1n) is 4.83. The molecule has 2 N–H and O–H groups in total. The zero-order chi connectivity index (χ0) is 11.7. The first kappa shape index (κ1) is 10.5. The lowest BCUT2D eigenvalue weighted by Gasteiger charge is -2.06. The lowest BCUT2D eigenvalue weighted by molar-refractivity contribution is -0.142. The monoisotopic (exact) mass is 221 g/mol.